The molecule has 94 valence electrons. The van der Waals surface area contributed by atoms with Gasteiger partial charge in [0.15, 0.2) is 0 Å². The Morgan fingerprint density at radius 2 is 1.94 bits per heavy atom. The second-order valence-electron chi connectivity index (χ2n) is 4.17. The Morgan fingerprint density at radius 3 is 2.41 bits per heavy atom. The van der Waals surface area contributed by atoms with Crippen LogP contribution in [0.5, 0.6) is 0 Å². The third-order valence-corrected chi connectivity index (χ3v) is 3.24. The van der Waals surface area contributed by atoms with Crippen molar-refractivity contribution in [3.63, 3.8) is 0 Å². The molecule has 1 amide bonds. The Kier molecular flexibility index (Phi) is 6.00. The van der Waals surface area contributed by atoms with Crippen molar-refractivity contribution in [1.82, 2.24) is 4.90 Å². The van der Waals surface area contributed by atoms with E-state index in [2.05, 4.69) is 15.9 Å². The molecule has 0 N–H and O–H groups in total. The van der Waals surface area contributed by atoms with E-state index >= 15 is 0 Å². The smallest absolute Gasteiger partial charge is 0.227 e. The zero-order chi connectivity index (χ0) is 12.8. The number of benzene rings is 1. The largest absolute Gasteiger partial charge is 0.339 e. The maximum Gasteiger partial charge on any atom is 0.227 e. The first-order valence-electron chi connectivity index (χ1n) is 5.64. The lowest BCUT2D eigenvalue weighted by atomic mass is 10.1. The molecule has 0 radical (unpaired) electrons. The van der Waals surface area contributed by atoms with E-state index in [-0.39, 0.29) is 11.9 Å². The summed E-state index contributed by atoms with van der Waals surface area (Å²) in [5, 5.41) is 0. The van der Waals surface area contributed by atoms with Crippen molar-refractivity contribution in [3.8, 4) is 0 Å². The van der Waals surface area contributed by atoms with E-state index in [0.717, 1.165) is 10.0 Å². The van der Waals surface area contributed by atoms with Crippen molar-refractivity contribution in [1.29, 1.82) is 0 Å². The molecule has 2 nitrogen and oxygen atoms in total. The lowest BCUT2D eigenvalue weighted by Crippen LogP contribution is -2.39. The summed E-state index contributed by atoms with van der Waals surface area (Å²) < 4.78 is 1.02. The first kappa shape index (κ1) is 14.5. The van der Waals surface area contributed by atoms with E-state index in [0.29, 0.717) is 18.8 Å². The van der Waals surface area contributed by atoms with Gasteiger partial charge in [-0.3, -0.25) is 4.79 Å². The zero-order valence-electron chi connectivity index (χ0n) is 10.1. The number of carbonyl (C=O) groups is 1. The monoisotopic (exact) mass is 317 g/mol. The van der Waals surface area contributed by atoms with Gasteiger partial charge in [0, 0.05) is 22.9 Å². The number of amides is 1. The molecule has 0 atom stereocenters. The van der Waals surface area contributed by atoms with Crippen LogP contribution in [0.3, 0.4) is 0 Å². The fourth-order valence-electron chi connectivity index (χ4n) is 1.64. The summed E-state index contributed by atoms with van der Waals surface area (Å²) in [6, 6.07) is 8.01. The molecule has 0 aliphatic carbocycles. The van der Waals surface area contributed by atoms with Crippen LogP contribution < -0.4 is 0 Å². The highest BCUT2D eigenvalue weighted by Gasteiger charge is 2.16. The second kappa shape index (κ2) is 7.02. The molecule has 0 aromatic heterocycles. The Labute approximate surface area is 116 Å². The summed E-state index contributed by atoms with van der Waals surface area (Å²) in [4.78, 5) is 13.9. The molecule has 0 spiro atoms. The minimum absolute atomic E-state index is 0.128. The van der Waals surface area contributed by atoms with Gasteiger partial charge < -0.3 is 4.90 Å². The number of hydrogen-bond acceptors (Lipinski definition) is 1. The van der Waals surface area contributed by atoms with Gasteiger partial charge in [0.1, 0.15) is 0 Å². The number of hydrogen-bond donors (Lipinski definition) is 0. The first-order chi connectivity index (χ1) is 8.04. The molecule has 0 aliphatic rings. The lowest BCUT2D eigenvalue weighted by Gasteiger charge is -2.26. The van der Waals surface area contributed by atoms with Crippen LogP contribution >= 0.6 is 27.5 Å². The van der Waals surface area contributed by atoms with Gasteiger partial charge >= 0.3 is 0 Å². The van der Waals surface area contributed by atoms with Gasteiger partial charge in [-0.05, 0) is 31.5 Å². The van der Waals surface area contributed by atoms with Crippen LogP contribution in [-0.4, -0.2) is 29.3 Å². The third-order valence-electron chi connectivity index (χ3n) is 2.54. The van der Waals surface area contributed by atoms with Crippen molar-refractivity contribution in [2.45, 2.75) is 26.3 Å². The highest BCUT2D eigenvalue weighted by molar-refractivity contribution is 9.10. The topological polar surface area (TPSA) is 20.3 Å². The van der Waals surface area contributed by atoms with E-state index in [4.69, 9.17) is 11.6 Å². The minimum Gasteiger partial charge on any atom is -0.339 e. The maximum atomic E-state index is 12.1. The summed E-state index contributed by atoms with van der Waals surface area (Å²) in [5.74, 6) is 0.604. The summed E-state index contributed by atoms with van der Waals surface area (Å²) in [7, 11) is 0. The van der Waals surface area contributed by atoms with Crippen molar-refractivity contribution < 1.29 is 4.79 Å². The number of nitrogens with zero attached hydrogens (tertiary/aromatic N) is 1. The van der Waals surface area contributed by atoms with Crippen LogP contribution in [0.2, 0.25) is 0 Å². The molecule has 0 saturated heterocycles. The highest BCUT2D eigenvalue weighted by Crippen LogP contribution is 2.12. The van der Waals surface area contributed by atoms with Crippen molar-refractivity contribution in [3.05, 3.63) is 34.3 Å². The average Bonchev–Trinajstić information content (AvgIpc) is 2.28. The first-order valence-corrected chi connectivity index (χ1v) is 6.97. The van der Waals surface area contributed by atoms with Gasteiger partial charge in [-0.1, -0.05) is 28.1 Å². The average molecular weight is 319 g/mol. The minimum atomic E-state index is 0.128. The van der Waals surface area contributed by atoms with Crippen LogP contribution in [0.1, 0.15) is 19.4 Å². The fourth-order valence-corrected chi connectivity index (χ4v) is 2.09. The normalized spacial score (nSPS) is 10.6. The molecule has 1 aromatic rings. The van der Waals surface area contributed by atoms with E-state index in [1.54, 1.807) is 0 Å². The van der Waals surface area contributed by atoms with E-state index < -0.39 is 0 Å². The molecular formula is C13H17BrClNO. The fraction of sp³-hybridized carbons (Fsp3) is 0.462. The SMILES string of the molecule is CC(C)N(CCCl)C(=O)Cc1ccc(Br)cc1. The van der Waals surface area contributed by atoms with Gasteiger partial charge in [0.05, 0.1) is 6.42 Å². The molecule has 0 heterocycles. The molecule has 1 rings (SSSR count). The van der Waals surface area contributed by atoms with Crippen LogP contribution in [0.4, 0.5) is 0 Å². The molecule has 0 fully saturated rings. The van der Waals surface area contributed by atoms with Gasteiger partial charge in [0.2, 0.25) is 5.91 Å². The summed E-state index contributed by atoms with van der Waals surface area (Å²) in [5.41, 5.74) is 1.03. The van der Waals surface area contributed by atoms with Crippen LogP contribution in [0.25, 0.3) is 0 Å². The van der Waals surface area contributed by atoms with Crippen LogP contribution in [0, 0.1) is 0 Å². The summed E-state index contributed by atoms with van der Waals surface area (Å²) in [6.07, 6.45) is 0.433. The maximum absolute atomic E-state index is 12.1. The van der Waals surface area contributed by atoms with Gasteiger partial charge in [0.25, 0.3) is 0 Å². The van der Waals surface area contributed by atoms with Gasteiger partial charge in [-0.15, -0.1) is 11.6 Å². The number of rotatable bonds is 5. The van der Waals surface area contributed by atoms with Gasteiger partial charge in [-0.2, -0.15) is 0 Å². The van der Waals surface area contributed by atoms with Crippen LogP contribution in [-0.2, 0) is 11.2 Å². The quantitative estimate of drug-likeness (QED) is 0.761. The van der Waals surface area contributed by atoms with Crippen molar-refractivity contribution >= 4 is 33.4 Å². The molecule has 4 heteroatoms. The van der Waals surface area contributed by atoms with Crippen LogP contribution in [0.15, 0.2) is 28.7 Å². The Hall–Kier alpha value is -0.540. The number of alkyl halides is 1. The third kappa shape index (κ3) is 4.68. The molecule has 0 aliphatic heterocycles. The predicted molar refractivity (Wildman–Crippen MR) is 75.4 cm³/mol. The van der Waals surface area contributed by atoms with E-state index in [1.165, 1.54) is 0 Å². The molecule has 1 aromatic carbocycles. The standard InChI is InChI=1S/C13H17BrClNO/c1-10(2)16(8-7-15)13(17)9-11-3-5-12(14)6-4-11/h3-6,10H,7-9H2,1-2H3. The van der Waals surface area contributed by atoms with Crippen molar-refractivity contribution in [2.24, 2.45) is 0 Å². The van der Waals surface area contributed by atoms with Crippen molar-refractivity contribution in [2.75, 3.05) is 12.4 Å². The summed E-state index contributed by atoms with van der Waals surface area (Å²) in [6.45, 7) is 4.62. The molecule has 17 heavy (non-hydrogen) atoms. The van der Waals surface area contributed by atoms with Gasteiger partial charge in [-0.25, -0.2) is 0 Å². The molecular weight excluding hydrogens is 302 g/mol. The zero-order valence-corrected chi connectivity index (χ0v) is 12.5. The molecule has 0 unspecified atom stereocenters. The number of carbonyl (C=O) groups excluding carboxylic acids is 1. The highest BCUT2D eigenvalue weighted by atomic mass is 79.9. The Bertz CT molecular complexity index is 364. The van der Waals surface area contributed by atoms with E-state index in [9.17, 15) is 4.79 Å². The predicted octanol–water partition coefficient (Wildman–Crippen LogP) is 3.47. The second-order valence-corrected chi connectivity index (χ2v) is 5.47. The molecule has 0 bridgehead atoms. The molecule has 0 saturated carbocycles. The lowest BCUT2D eigenvalue weighted by molar-refractivity contribution is -0.131. The van der Waals surface area contributed by atoms with E-state index in [1.807, 2.05) is 43.0 Å². The number of halogens is 2. The Balaban J connectivity index is 2.66. The summed E-state index contributed by atoms with van der Waals surface area (Å²) >= 11 is 9.08. The Morgan fingerprint density at radius 1 is 1.35 bits per heavy atom.